The third-order valence-corrected chi connectivity index (χ3v) is 21.6. The number of likely N-dealkylation sites (tertiary alicyclic amines) is 3. The summed E-state index contributed by atoms with van der Waals surface area (Å²) in [5, 5.41) is 21.4. The van der Waals surface area contributed by atoms with Gasteiger partial charge in [-0.1, -0.05) is 98.1 Å². The van der Waals surface area contributed by atoms with Gasteiger partial charge in [0.1, 0.15) is 0 Å². The van der Waals surface area contributed by atoms with Gasteiger partial charge in [0.25, 0.3) is 0 Å². The predicted octanol–water partition coefficient (Wildman–Crippen LogP) is 15.3. The average Bonchev–Trinajstić information content (AvgIpc) is 1.65. The molecular formula is C80H97N15O3. The zero-order valence-electron chi connectivity index (χ0n) is 58.6. The minimum Gasteiger partial charge on any atom is -0.340 e. The number of piperidine rings is 1. The number of nitrogens with zero attached hydrogens (tertiary/aromatic N) is 12. The molecule has 18 nitrogen and oxygen atoms in total. The number of benzene rings is 5. The first-order valence-corrected chi connectivity index (χ1v) is 35.7. The van der Waals surface area contributed by atoms with Crippen LogP contribution in [0.4, 0.5) is 0 Å². The summed E-state index contributed by atoms with van der Waals surface area (Å²) >= 11 is 0. The van der Waals surface area contributed by atoms with E-state index in [1.807, 2.05) is 94.7 Å². The van der Waals surface area contributed by atoms with Gasteiger partial charge in [-0.05, 0) is 195 Å². The van der Waals surface area contributed by atoms with E-state index in [0.717, 1.165) is 168 Å². The van der Waals surface area contributed by atoms with Gasteiger partial charge in [0.15, 0.2) is 0 Å². The van der Waals surface area contributed by atoms with Gasteiger partial charge in [-0.15, -0.1) is 0 Å². The summed E-state index contributed by atoms with van der Waals surface area (Å²) in [5.41, 5.74) is 18.6. The quantitative estimate of drug-likeness (QED) is 0.0793. The Bertz CT molecular complexity index is 4520. The van der Waals surface area contributed by atoms with E-state index in [-0.39, 0.29) is 28.9 Å². The predicted molar refractivity (Wildman–Crippen MR) is 389 cm³/mol. The van der Waals surface area contributed by atoms with E-state index in [4.69, 9.17) is 0 Å². The molecule has 4 unspecified atom stereocenters. The van der Waals surface area contributed by atoms with Gasteiger partial charge in [-0.25, -0.2) is 15.0 Å². The van der Waals surface area contributed by atoms with Crippen molar-refractivity contribution in [2.24, 2.45) is 23.7 Å². The van der Waals surface area contributed by atoms with Crippen molar-refractivity contribution in [3.8, 4) is 33.4 Å². The second kappa shape index (κ2) is 29.3. The smallest absolute Gasteiger partial charge is 0.223 e. The fourth-order valence-electron chi connectivity index (χ4n) is 16.4. The van der Waals surface area contributed by atoms with Crippen LogP contribution < -0.4 is 0 Å². The molecule has 98 heavy (non-hydrogen) atoms. The van der Waals surface area contributed by atoms with Crippen molar-refractivity contribution in [1.82, 2.24) is 73.9 Å². The van der Waals surface area contributed by atoms with Gasteiger partial charge >= 0.3 is 0 Å². The monoisotopic (exact) mass is 1320 g/mol. The summed E-state index contributed by atoms with van der Waals surface area (Å²) in [6.07, 6.45) is 25.4. The number of H-pyrrole nitrogens is 3. The van der Waals surface area contributed by atoms with Crippen LogP contribution in [0.15, 0.2) is 153 Å². The molecule has 9 heterocycles. The van der Waals surface area contributed by atoms with Gasteiger partial charge in [-0.2, -0.15) is 15.3 Å². The summed E-state index contributed by atoms with van der Waals surface area (Å²) in [6.45, 7) is 22.3. The molecule has 4 aliphatic rings. The number of amides is 3. The Kier molecular flexibility index (Phi) is 20.1. The molecule has 1 saturated carbocycles. The highest BCUT2D eigenvalue weighted by molar-refractivity contribution is 5.85. The lowest BCUT2D eigenvalue weighted by Crippen LogP contribution is -2.45. The maximum Gasteiger partial charge on any atom is 0.223 e. The highest BCUT2D eigenvalue weighted by atomic mass is 16.2. The summed E-state index contributed by atoms with van der Waals surface area (Å²) in [7, 11) is 0. The molecule has 0 spiro atoms. The highest BCUT2D eigenvalue weighted by Gasteiger charge is 2.43. The standard InChI is InChI=1S/2C27H31N5O.C26H35N5O/c1-19-23(15-29-30-19)22-10-11-25-24(13-22)28-18-31(25)16-21-14-27(2,3)32(17-21)26(33)12-9-20-7-5-4-6-8-20;1-19-14-22(12-13-32(19)27(33)11-8-21-6-4-3-5-7-21)17-31-18-28-25-15-23(9-10-26(25)31)24-16-29-30-20(24)2;1-18-22(14-28-29-18)21-9-10-24-23(12-21)27-17-30(24)15-20-13-26(2,3)31(16-20)25(32)11-19-7-5-4-6-8-19/h4-8,10-11,13,15,18,21H,9,12,14,16-17H2,1-3H3,(H,29,30);3-7,9-10,15-16,18-19,22H,8,11-14,17H2,1-2H3,(H,29,30);9-10,12,14,17,19-20H,4-8,11,13,15-16H2,1-3H3,(H,28,29). The lowest BCUT2D eigenvalue weighted by atomic mass is 9.86. The van der Waals surface area contributed by atoms with Crippen LogP contribution in [0.5, 0.6) is 0 Å². The molecule has 3 N–H and O–H groups in total. The molecule has 18 heteroatoms. The van der Waals surface area contributed by atoms with E-state index in [1.54, 1.807) is 0 Å². The molecule has 15 rings (SSSR count). The molecule has 11 aromatic rings. The first-order chi connectivity index (χ1) is 47.4. The van der Waals surface area contributed by atoms with Crippen LogP contribution in [-0.2, 0) is 46.9 Å². The lowest BCUT2D eigenvalue weighted by molar-refractivity contribution is -0.136. The molecule has 5 aromatic carbocycles. The van der Waals surface area contributed by atoms with Gasteiger partial charge in [0, 0.05) is 109 Å². The van der Waals surface area contributed by atoms with Crippen molar-refractivity contribution in [2.45, 2.75) is 182 Å². The van der Waals surface area contributed by atoms with Crippen molar-refractivity contribution < 1.29 is 14.4 Å². The Hall–Kier alpha value is -9.45. The number of hydrogen-bond donors (Lipinski definition) is 3. The average molecular weight is 1320 g/mol. The number of imidazole rings is 3. The van der Waals surface area contributed by atoms with Gasteiger partial charge in [0.05, 0.1) is 70.7 Å². The molecule has 4 fully saturated rings. The van der Waals surface area contributed by atoms with Gasteiger partial charge in [0.2, 0.25) is 17.7 Å². The zero-order chi connectivity index (χ0) is 68.1. The fraction of sp³-hybridized carbons (Fsp3) is 0.438. The first-order valence-electron chi connectivity index (χ1n) is 35.7. The van der Waals surface area contributed by atoms with Gasteiger partial charge < -0.3 is 28.4 Å². The Morgan fingerprint density at radius 3 is 1.30 bits per heavy atom. The first kappa shape index (κ1) is 67.1. The molecule has 1 aliphatic carbocycles. The molecule has 3 saturated heterocycles. The number of hydrogen-bond acceptors (Lipinski definition) is 9. The number of rotatable bonds is 17. The molecule has 6 aromatic heterocycles. The maximum atomic E-state index is 13.2. The fourth-order valence-corrected chi connectivity index (χ4v) is 16.4. The summed E-state index contributed by atoms with van der Waals surface area (Å²) < 4.78 is 6.77. The Labute approximate surface area is 576 Å². The molecule has 0 bridgehead atoms. The van der Waals surface area contributed by atoms with E-state index >= 15 is 0 Å². The van der Waals surface area contributed by atoms with Crippen molar-refractivity contribution in [3.05, 3.63) is 181 Å². The Morgan fingerprint density at radius 1 is 0.480 bits per heavy atom. The maximum absolute atomic E-state index is 13.2. The van der Waals surface area contributed by atoms with Crippen molar-refractivity contribution >= 4 is 50.8 Å². The zero-order valence-corrected chi connectivity index (χ0v) is 58.6. The number of aromatic amines is 3. The van der Waals surface area contributed by atoms with Crippen LogP contribution in [0.3, 0.4) is 0 Å². The lowest BCUT2D eigenvalue weighted by Gasteiger charge is -2.38. The number of carbonyl (C=O) groups is 3. The SMILES string of the molecule is Cc1[nH]ncc1-c1ccc2c(c1)ncn2CC1CCN(C(=O)CCc2ccccc2)C(C)C1.Cc1[nH]ncc1-c1ccc2c(c1)ncn2CC1CN(C(=O)CC2CCCCC2)C(C)(C)C1.Cc1[nH]ncc1-c1ccc2c(c1)ncn2CC1CN(C(=O)CCc2ccccc2)C(C)(C)C1. The number of nitrogens with one attached hydrogen (secondary N) is 3. The minimum absolute atomic E-state index is 0.0707. The normalized spacial score (nSPS) is 19.2. The van der Waals surface area contributed by atoms with Crippen molar-refractivity contribution in [2.75, 3.05) is 19.6 Å². The van der Waals surface area contributed by atoms with E-state index in [2.05, 4.69) is 187 Å². The van der Waals surface area contributed by atoms with Crippen molar-refractivity contribution in [1.29, 1.82) is 0 Å². The number of aromatic nitrogens is 12. The van der Waals surface area contributed by atoms with E-state index in [1.165, 1.54) is 43.2 Å². The molecule has 3 aliphatic heterocycles. The van der Waals surface area contributed by atoms with E-state index < -0.39 is 0 Å². The summed E-state index contributed by atoms with van der Waals surface area (Å²) in [5.74, 6) is 2.90. The largest absolute Gasteiger partial charge is 0.340 e. The van der Waals surface area contributed by atoms with Gasteiger partial charge in [-0.3, -0.25) is 29.7 Å². The molecule has 0 radical (unpaired) electrons. The van der Waals surface area contributed by atoms with Crippen LogP contribution in [0.2, 0.25) is 0 Å². The van der Waals surface area contributed by atoms with Crippen LogP contribution in [-0.4, -0.2) is 128 Å². The Balaban J connectivity index is 0.000000132. The van der Waals surface area contributed by atoms with E-state index in [9.17, 15) is 14.4 Å². The number of aryl methyl sites for hydroxylation is 5. The Morgan fingerprint density at radius 2 is 0.888 bits per heavy atom. The highest BCUT2D eigenvalue weighted by Crippen LogP contribution is 2.39. The molecule has 4 atom stereocenters. The molecule has 510 valence electrons. The third-order valence-electron chi connectivity index (χ3n) is 21.6. The van der Waals surface area contributed by atoms with Crippen LogP contribution in [0.1, 0.15) is 140 Å². The van der Waals surface area contributed by atoms with Crippen LogP contribution in [0.25, 0.3) is 66.5 Å². The topological polar surface area (TPSA) is 200 Å². The third kappa shape index (κ3) is 15.3. The van der Waals surface area contributed by atoms with E-state index in [0.29, 0.717) is 42.4 Å². The molecule has 3 amide bonds. The summed E-state index contributed by atoms with van der Waals surface area (Å²) in [4.78, 5) is 59.4. The molecular weight excluding hydrogens is 1220 g/mol. The van der Waals surface area contributed by atoms with Crippen LogP contribution in [0, 0.1) is 44.4 Å². The number of carbonyl (C=O) groups excluding carboxylic acids is 3. The second-order valence-corrected chi connectivity index (χ2v) is 29.8. The minimum atomic E-state index is -0.124. The van der Waals surface area contributed by atoms with Crippen LogP contribution >= 0.6 is 0 Å². The van der Waals surface area contributed by atoms with Crippen molar-refractivity contribution in [3.63, 3.8) is 0 Å². The number of fused-ring (bicyclic) bond motifs is 3. The second-order valence-electron chi connectivity index (χ2n) is 29.8. The summed E-state index contributed by atoms with van der Waals surface area (Å²) in [6, 6.07) is 40.1.